The summed E-state index contributed by atoms with van der Waals surface area (Å²) in [7, 11) is -2.55. The minimum atomic E-state index is -3.66. The Bertz CT molecular complexity index is 150. The van der Waals surface area contributed by atoms with E-state index in [1.54, 1.807) is 0 Å². The Balaban J connectivity index is 4.14. The van der Waals surface area contributed by atoms with Crippen molar-refractivity contribution in [2.75, 3.05) is 7.11 Å². The standard InChI is InChI=1S/C3H6ClO3PS/c1-7-8(5,6)3(4)2-9/h2-3H,1H3,(H,5,6). The monoisotopic (exact) mass is 188 g/mol. The highest BCUT2D eigenvalue weighted by atomic mass is 35.5. The number of hydrogen-bond acceptors (Lipinski definition) is 3. The molecule has 54 valence electrons. The number of thiocarbonyl (C=S) groups is 1. The maximum Gasteiger partial charge on any atom is 0.350 e. The molecule has 1 N–H and O–H groups in total. The van der Waals surface area contributed by atoms with Gasteiger partial charge in [-0.25, -0.2) is 0 Å². The predicted molar refractivity (Wildman–Crippen MR) is 40.1 cm³/mol. The molecule has 2 atom stereocenters. The Morgan fingerprint density at radius 2 is 2.44 bits per heavy atom. The van der Waals surface area contributed by atoms with Crippen LogP contribution in [-0.4, -0.2) is 22.5 Å². The van der Waals surface area contributed by atoms with Gasteiger partial charge in [0.05, 0.1) is 0 Å². The lowest BCUT2D eigenvalue weighted by atomic mass is 11.0. The summed E-state index contributed by atoms with van der Waals surface area (Å²) < 4.78 is 14.8. The second-order valence-electron chi connectivity index (χ2n) is 1.26. The Hall–Kier alpha value is 0.530. The highest BCUT2D eigenvalue weighted by molar-refractivity contribution is 7.80. The molecule has 3 nitrogen and oxygen atoms in total. The van der Waals surface area contributed by atoms with E-state index in [9.17, 15) is 4.57 Å². The molecular formula is C3H6ClO3PS. The van der Waals surface area contributed by atoms with Gasteiger partial charge in [-0.3, -0.25) is 4.57 Å². The zero-order chi connectivity index (χ0) is 7.49. The van der Waals surface area contributed by atoms with Crippen molar-refractivity contribution < 1.29 is 14.0 Å². The van der Waals surface area contributed by atoms with Crippen molar-refractivity contribution in [3.63, 3.8) is 0 Å². The molecule has 0 rings (SSSR count). The third-order valence-electron chi connectivity index (χ3n) is 0.686. The molecule has 0 radical (unpaired) electrons. The topological polar surface area (TPSA) is 46.5 Å². The zero-order valence-electron chi connectivity index (χ0n) is 4.65. The van der Waals surface area contributed by atoms with Gasteiger partial charge >= 0.3 is 7.60 Å². The van der Waals surface area contributed by atoms with Crippen molar-refractivity contribution in [1.29, 1.82) is 0 Å². The highest BCUT2D eigenvalue weighted by Crippen LogP contribution is 2.47. The lowest BCUT2D eigenvalue weighted by Crippen LogP contribution is -2.00. The average molecular weight is 189 g/mol. The quantitative estimate of drug-likeness (QED) is 0.413. The van der Waals surface area contributed by atoms with Gasteiger partial charge in [0.1, 0.15) is 0 Å². The van der Waals surface area contributed by atoms with Crippen LogP contribution in [0.1, 0.15) is 0 Å². The molecule has 0 heterocycles. The summed E-state index contributed by atoms with van der Waals surface area (Å²) >= 11 is 9.58. The molecule has 0 amide bonds. The average Bonchev–Trinajstić information content (AvgIpc) is 1.86. The summed E-state index contributed by atoms with van der Waals surface area (Å²) in [6.07, 6.45) is 0. The molecule has 6 heteroatoms. The smallest absolute Gasteiger partial charge is 0.323 e. The predicted octanol–water partition coefficient (Wildman–Crippen LogP) is 1.38. The normalized spacial score (nSPS) is 20.3. The van der Waals surface area contributed by atoms with Crippen LogP contribution in [0.4, 0.5) is 0 Å². The molecule has 0 aromatic heterocycles. The second kappa shape index (κ2) is 3.64. The van der Waals surface area contributed by atoms with Gasteiger partial charge in [0.2, 0.25) is 0 Å². The summed E-state index contributed by atoms with van der Waals surface area (Å²) in [6.45, 7) is 0. The van der Waals surface area contributed by atoms with E-state index in [2.05, 4.69) is 16.7 Å². The summed E-state index contributed by atoms with van der Waals surface area (Å²) in [5.41, 5.74) is 0. The van der Waals surface area contributed by atoms with E-state index < -0.39 is 12.7 Å². The van der Waals surface area contributed by atoms with Gasteiger partial charge in [0, 0.05) is 12.5 Å². The van der Waals surface area contributed by atoms with Crippen molar-refractivity contribution in [2.45, 2.75) is 5.12 Å². The molecule has 0 aromatic carbocycles. The van der Waals surface area contributed by atoms with Crippen LogP contribution in [0.3, 0.4) is 0 Å². The fourth-order valence-corrected chi connectivity index (χ4v) is 1.23. The first-order valence-electron chi connectivity index (χ1n) is 2.02. The van der Waals surface area contributed by atoms with Crippen LogP contribution in [0.5, 0.6) is 0 Å². The summed E-state index contributed by atoms with van der Waals surface area (Å²) in [5.74, 6) is 0. The van der Waals surface area contributed by atoms with Crippen LogP contribution in [0.2, 0.25) is 0 Å². The van der Waals surface area contributed by atoms with E-state index in [-0.39, 0.29) is 0 Å². The first-order chi connectivity index (χ1) is 4.04. The van der Waals surface area contributed by atoms with Crippen molar-refractivity contribution in [2.24, 2.45) is 0 Å². The Morgan fingerprint density at radius 1 is 2.00 bits per heavy atom. The molecule has 0 bridgehead atoms. The van der Waals surface area contributed by atoms with E-state index in [0.29, 0.717) is 0 Å². The Kier molecular flexibility index (Phi) is 3.85. The summed E-state index contributed by atoms with van der Waals surface area (Å²) in [5, 5.41) is -0.0937. The molecule has 0 saturated heterocycles. The molecule has 0 spiro atoms. The van der Waals surface area contributed by atoms with Crippen molar-refractivity contribution in [1.82, 2.24) is 0 Å². The van der Waals surface area contributed by atoms with E-state index in [1.165, 1.54) is 0 Å². The van der Waals surface area contributed by atoms with E-state index >= 15 is 0 Å². The van der Waals surface area contributed by atoms with Crippen LogP contribution in [-0.2, 0) is 9.09 Å². The molecule has 0 saturated carbocycles. The molecule has 0 aromatic rings. The molecule has 2 unspecified atom stereocenters. The lowest BCUT2D eigenvalue weighted by Gasteiger charge is -2.09. The highest BCUT2D eigenvalue weighted by Gasteiger charge is 2.26. The van der Waals surface area contributed by atoms with E-state index in [0.717, 1.165) is 12.5 Å². The van der Waals surface area contributed by atoms with Gasteiger partial charge in [-0.2, -0.15) is 0 Å². The molecule has 9 heavy (non-hydrogen) atoms. The first-order valence-corrected chi connectivity index (χ1v) is 4.57. The zero-order valence-corrected chi connectivity index (χ0v) is 7.12. The maximum absolute atomic E-state index is 10.6. The number of alkyl halides is 1. The molecule has 0 aliphatic carbocycles. The Labute approximate surface area is 63.5 Å². The SMILES string of the molecule is COP(=O)(O)C(Cl)C=S. The van der Waals surface area contributed by atoms with Crippen LogP contribution < -0.4 is 0 Å². The first kappa shape index (κ1) is 9.53. The van der Waals surface area contributed by atoms with Crippen LogP contribution in [0.25, 0.3) is 0 Å². The number of hydrogen-bond donors (Lipinski definition) is 1. The minimum Gasteiger partial charge on any atom is -0.323 e. The summed E-state index contributed by atoms with van der Waals surface area (Å²) in [4.78, 5) is 8.70. The second-order valence-corrected chi connectivity index (χ2v) is 4.35. The molecule has 0 aliphatic rings. The van der Waals surface area contributed by atoms with Gasteiger partial charge in [0.25, 0.3) is 0 Å². The molecular weight excluding hydrogens is 183 g/mol. The molecule has 0 fully saturated rings. The number of halogens is 1. The van der Waals surface area contributed by atoms with Crippen molar-refractivity contribution >= 4 is 36.8 Å². The minimum absolute atomic E-state index is 0.992. The van der Waals surface area contributed by atoms with Gasteiger partial charge in [-0.15, -0.1) is 11.6 Å². The third-order valence-corrected chi connectivity index (χ3v) is 3.47. The van der Waals surface area contributed by atoms with E-state index in [4.69, 9.17) is 16.5 Å². The van der Waals surface area contributed by atoms with Gasteiger partial charge < -0.3 is 9.42 Å². The van der Waals surface area contributed by atoms with Crippen LogP contribution in [0.15, 0.2) is 0 Å². The molecule has 0 aliphatic heterocycles. The maximum atomic E-state index is 10.6. The van der Waals surface area contributed by atoms with E-state index in [1.807, 2.05) is 0 Å². The van der Waals surface area contributed by atoms with Gasteiger partial charge in [-0.05, 0) is 0 Å². The Morgan fingerprint density at radius 3 is 2.56 bits per heavy atom. The van der Waals surface area contributed by atoms with Crippen LogP contribution >= 0.6 is 31.4 Å². The van der Waals surface area contributed by atoms with Gasteiger partial charge in [0.15, 0.2) is 5.12 Å². The van der Waals surface area contributed by atoms with Crippen molar-refractivity contribution in [3.8, 4) is 0 Å². The fraction of sp³-hybridized carbons (Fsp3) is 0.667. The third kappa shape index (κ3) is 2.74. The van der Waals surface area contributed by atoms with Gasteiger partial charge in [-0.1, -0.05) is 12.2 Å². The summed E-state index contributed by atoms with van der Waals surface area (Å²) in [6, 6.07) is 0. The fourth-order valence-electron chi connectivity index (χ4n) is 0.178. The van der Waals surface area contributed by atoms with Crippen molar-refractivity contribution in [3.05, 3.63) is 0 Å². The lowest BCUT2D eigenvalue weighted by molar-refractivity contribution is 0.318. The van der Waals surface area contributed by atoms with Crippen LogP contribution in [0, 0.1) is 0 Å². The number of rotatable bonds is 3. The largest absolute Gasteiger partial charge is 0.350 e.